The largest absolute Gasteiger partial charge is 0.310 e. The van der Waals surface area contributed by atoms with E-state index in [1.54, 1.807) is 6.07 Å². The summed E-state index contributed by atoms with van der Waals surface area (Å²) in [5, 5.41) is 3.37. The average Bonchev–Trinajstić information content (AvgIpc) is 2.32. The standard InChI is InChI=1S/C14H21BrFN/c1-3-5-6-10-13(17-4-2)11-8-7-9-12(15)14(11)16/h7-9,13,17H,3-6,10H2,1-2H3. The molecule has 1 aromatic rings. The summed E-state index contributed by atoms with van der Waals surface area (Å²) in [6, 6.07) is 5.64. The fraction of sp³-hybridized carbons (Fsp3) is 0.571. The molecule has 1 N–H and O–H groups in total. The summed E-state index contributed by atoms with van der Waals surface area (Å²) in [5.41, 5.74) is 0.775. The lowest BCUT2D eigenvalue weighted by Gasteiger charge is -2.19. The van der Waals surface area contributed by atoms with E-state index in [0.29, 0.717) is 4.47 Å². The van der Waals surface area contributed by atoms with Crippen molar-refractivity contribution in [3.8, 4) is 0 Å². The highest BCUT2D eigenvalue weighted by atomic mass is 79.9. The summed E-state index contributed by atoms with van der Waals surface area (Å²) >= 11 is 3.24. The molecule has 0 fully saturated rings. The van der Waals surface area contributed by atoms with Gasteiger partial charge in [0.25, 0.3) is 0 Å². The van der Waals surface area contributed by atoms with Crippen LogP contribution >= 0.6 is 15.9 Å². The van der Waals surface area contributed by atoms with Gasteiger partial charge in [0.2, 0.25) is 0 Å². The lowest BCUT2D eigenvalue weighted by atomic mass is 10.00. The van der Waals surface area contributed by atoms with E-state index < -0.39 is 0 Å². The van der Waals surface area contributed by atoms with Crippen molar-refractivity contribution >= 4 is 15.9 Å². The molecule has 1 unspecified atom stereocenters. The Hall–Kier alpha value is -0.410. The van der Waals surface area contributed by atoms with Crippen LogP contribution in [0.25, 0.3) is 0 Å². The highest BCUT2D eigenvalue weighted by Crippen LogP contribution is 2.27. The molecule has 96 valence electrons. The number of rotatable bonds is 7. The van der Waals surface area contributed by atoms with Crippen molar-refractivity contribution in [2.24, 2.45) is 0 Å². The van der Waals surface area contributed by atoms with E-state index in [9.17, 15) is 4.39 Å². The third-order valence-electron chi connectivity index (χ3n) is 2.90. The van der Waals surface area contributed by atoms with Gasteiger partial charge in [-0.1, -0.05) is 45.2 Å². The molecule has 0 spiro atoms. The van der Waals surface area contributed by atoms with E-state index in [1.807, 2.05) is 12.1 Å². The highest BCUT2D eigenvalue weighted by Gasteiger charge is 2.15. The lowest BCUT2D eigenvalue weighted by Crippen LogP contribution is -2.22. The molecule has 0 aliphatic rings. The predicted octanol–water partition coefficient (Wildman–Crippen LogP) is 4.82. The minimum atomic E-state index is -0.130. The van der Waals surface area contributed by atoms with E-state index in [4.69, 9.17) is 0 Å². The molecule has 0 heterocycles. The molecule has 0 aromatic heterocycles. The Balaban J connectivity index is 2.77. The first-order chi connectivity index (χ1) is 8.20. The van der Waals surface area contributed by atoms with Crippen LogP contribution in [0.15, 0.2) is 22.7 Å². The molecule has 1 aromatic carbocycles. The summed E-state index contributed by atoms with van der Waals surface area (Å²) in [6.07, 6.45) is 4.53. The average molecular weight is 302 g/mol. The van der Waals surface area contributed by atoms with Crippen molar-refractivity contribution in [3.05, 3.63) is 34.1 Å². The van der Waals surface area contributed by atoms with Crippen LogP contribution in [-0.2, 0) is 0 Å². The van der Waals surface area contributed by atoms with Gasteiger partial charge in [-0.15, -0.1) is 0 Å². The second kappa shape index (κ2) is 7.83. The van der Waals surface area contributed by atoms with Gasteiger partial charge in [-0.3, -0.25) is 0 Å². The fourth-order valence-electron chi connectivity index (χ4n) is 2.00. The van der Waals surface area contributed by atoms with E-state index in [1.165, 1.54) is 12.8 Å². The summed E-state index contributed by atoms with van der Waals surface area (Å²) in [4.78, 5) is 0. The first-order valence-corrected chi connectivity index (χ1v) is 7.17. The van der Waals surface area contributed by atoms with Crippen LogP contribution in [0, 0.1) is 5.82 Å². The Morgan fingerprint density at radius 1 is 1.29 bits per heavy atom. The minimum Gasteiger partial charge on any atom is -0.310 e. The van der Waals surface area contributed by atoms with Crippen LogP contribution < -0.4 is 5.32 Å². The molecule has 1 nitrogen and oxygen atoms in total. The van der Waals surface area contributed by atoms with Crippen molar-refractivity contribution in [1.82, 2.24) is 5.32 Å². The number of unbranched alkanes of at least 4 members (excludes halogenated alkanes) is 2. The summed E-state index contributed by atoms with van der Waals surface area (Å²) in [5.74, 6) is -0.130. The Labute approximate surface area is 112 Å². The molecule has 0 aliphatic carbocycles. The predicted molar refractivity (Wildman–Crippen MR) is 74.7 cm³/mol. The van der Waals surface area contributed by atoms with Gasteiger partial charge in [-0.2, -0.15) is 0 Å². The molecule has 0 bridgehead atoms. The lowest BCUT2D eigenvalue weighted by molar-refractivity contribution is 0.463. The molecule has 3 heteroatoms. The highest BCUT2D eigenvalue weighted by molar-refractivity contribution is 9.10. The van der Waals surface area contributed by atoms with Gasteiger partial charge in [-0.25, -0.2) is 4.39 Å². The summed E-state index contributed by atoms with van der Waals surface area (Å²) in [6.45, 7) is 5.10. The maximum Gasteiger partial charge on any atom is 0.142 e. The summed E-state index contributed by atoms with van der Waals surface area (Å²) in [7, 11) is 0. The Kier molecular flexibility index (Phi) is 6.75. The number of hydrogen-bond donors (Lipinski definition) is 1. The van der Waals surface area contributed by atoms with E-state index in [0.717, 1.165) is 24.9 Å². The zero-order valence-corrected chi connectivity index (χ0v) is 12.2. The number of halogens is 2. The Morgan fingerprint density at radius 3 is 2.71 bits per heavy atom. The van der Waals surface area contributed by atoms with E-state index >= 15 is 0 Å². The topological polar surface area (TPSA) is 12.0 Å². The van der Waals surface area contributed by atoms with Crippen molar-refractivity contribution < 1.29 is 4.39 Å². The van der Waals surface area contributed by atoms with Crippen molar-refractivity contribution in [2.75, 3.05) is 6.54 Å². The molecule has 17 heavy (non-hydrogen) atoms. The van der Waals surface area contributed by atoms with Crippen LogP contribution in [0.5, 0.6) is 0 Å². The van der Waals surface area contributed by atoms with Crippen LogP contribution in [0.3, 0.4) is 0 Å². The van der Waals surface area contributed by atoms with Crippen LogP contribution in [-0.4, -0.2) is 6.54 Å². The quantitative estimate of drug-likeness (QED) is 0.712. The molecule has 0 saturated heterocycles. The van der Waals surface area contributed by atoms with Gasteiger partial charge in [0.15, 0.2) is 0 Å². The van der Waals surface area contributed by atoms with Crippen LogP contribution in [0.4, 0.5) is 4.39 Å². The third-order valence-corrected chi connectivity index (χ3v) is 3.52. The molecule has 0 aliphatic heterocycles. The van der Waals surface area contributed by atoms with Gasteiger partial charge in [0, 0.05) is 11.6 Å². The minimum absolute atomic E-state index is 0.129. The van der Waals surface area contributed by atoms with Gasteiger partial charge in [0.1, 0.15) is 5.82 Å². The molecule has 0 radical (unpaired) electrons. The zero-order chi connectivity index (χ0) is 12.7. The SMILES string of the molecule is CCCCCC(NCC)c1cccc(Br)c1F. The van der Waals surface area contributed by atoms with Gasteiger partial charge in [0.05, 0.1) is 4.47 Å². The molecular weight excluding hydrogens is 281 g/mol. The first kappa shape index (κ1) is 14.7. The second-order valence-electron chi connectivity index (χ2n) is 4.25. The zero-order valence-electron chi connectivity index (χ0n) is 10.6. The van der Waals surface area contributed by atoms with Crippen LogP contribution in [0.1, 0.15) is 51.1 Å². The maximum atomic E-state index is 14.0. The Bertz CT molecular complexity index is 341. The van der Waals surface area contributed by atoms with Gasteiger partial charge >= 0.3 is 0 Å². The molecular formula is C14H21BrFN. The second-order valence-corrected chi connectivity index (χ2v) is 5.10. The smallest absolute Gasteiger partial charge is 0.142 e. The van der Waals surface area contributed by atoms with Gasteiger partial charge < -0.3 is 5.32 Å². The van der Waals surface area contributed by atoms with Crippen molar-refractivity contribution in [3.63, 3.8) is 0 Å². The fourth-order valence-corrected chi connectivity index (χ4v) is 2.38. The van der Waals surface area contributed by atoms with Gasteiger partial charge in [-0.05, 0) is 35.0 Å². The number of hydrogen-bond acceptors (Lipinski definition) is 1. The number of nitrogens with one attached hydrogen (secondary N) is 1. The summed E-state index contributed by atoms with van der Waals surface area (Å²) < 4.78 is 14.5. The Morgan fingerprint density at radius 2 is 2.06 bits per heavy atom. The van der Waals surface area contributed by atoms with Crippen molar-refractivity contribution in [1.29, 1.82) is 0 Å². The normalized spacial score (nSPS) is 12.7. The molecule has 0 amide bonds. The van der Waals surface area contributed by atoms with E-state index in [-0.39, 0.29) is 11.9 Å². The molecule has 1 atom stereocenters. The van der Waals surface area contributed by atoms with Crippen molar-refractivity contribution in [2.45, 2.75) is 45.6 Å². The van der Waals surface area contributed by atoms with Crippen LogP contribution in [0.2, 0.25) is 0 Å². The molecule has 0 saturated carbocycles. The monoisotopic (exact) mass is 301 g/mol. The third kappa shape index (κ3) is 4.40. The maximum absolute atomic E-state index is 14.0. The first-order valence-electron chi connectivity index (χ1n) is 6.38. The molecule has 1 rings (SSSR count). The number of benzene rings is 1. The van der Waals surface area contributed by atoms with E-state index in [2.05, 4.69) is 35.1 Å².